The molecule has 1 aromatic carbocycles. The lowest BCUT2D eigenvalue weighted by molar-refractivity contribution is -0.384. The summed E-state index contributed by atoms with van der Waals surface area (Å²) in [4.78, 5) is 16.1. The Bertz CT molecular complexity index is 665. The van der Waals surface area contributed by atoms with E-state index >= 15 is 0 Å². The van der Waals surface area contributed by atoms with Gasteiger partial charge in [-0.05, 0) is 48.9 Å². The highest BCUT2D eigenvalue weighted by molar-refractivity contribution is 5.35. The molecule has 0 aliphatic heterocycles. The zero-order valence-corrected chi connectivity index (χ0v) is 12.2. The smallest absolute Gasteiger partial charge is 0.269 e. The third kappa shape index (κ3) is 3.87. The minimum absolute atomic E-state index is 0.0277. The Labute approximate surface area is 128 Å². The molecule has 0 aliphatic carbocycles. The second kappa shape index (κ2) is 7.29. The normalized spacial score (nSPS) is 11.9. The van der Waals surface area contributed by atoms with Gasteiger partial charge in [-0.15, -0.1) is 0 Å². The predicted molar refractivity (Wildman–Crippen MR) is 82.0 cm³/mol. The van der Waals surface area contributed by atoms with Crippen molar-refractivity contribution < 1.29 is 4.92 Å². The Morgan fingerprint density at radius 1 is 1.27 bits per heavy atom. The van der Waals surface area contributed by atoms with Crippen LogP contribution in [0.2, 0.25) is 0 Å². The molecule has 0 aliphatic rings. The molecule has 0 saturated carbocycles. The molecule has 0 spiro atoms. The van der Waals surface area contributed by atoms with E-state index in [1.165, 1.54) is 12.1 Å². The lowest BCUT2D eigenvalue weighted by atomic mass is 10.1. The van der Waals surface area contributed by atoms with Gasteiger partial charge >= 0.3 is 0 Å². The number of nitro groups is 1. The van der Waals surface area contributed by atoms with Crippen LogP contribution in [0.1, 0.15) is 17.2 Å². The van der Waals surface area contributed by atoms with E-state index in [0.29, 0.717) is 6.54 Å². The zero-order valence-electron chi connectivity index (χ0n) is 12.2. The molecule has 0 fully saturated rings. The Kier molecular flexibility index (Phi) is 5.17. The van der Waals surface area contributed by atoms with Gasteiger partial charge in [0.2, 0.25) is 0 Å². The van der Waals surface area contributed by atoms with Gasteiger partial charge in [-0.3, -0.25) is 20.0 Å². The summed E-state index contributed by atoms with van der Waals surface area (Å²) >= 11 is 0. The number of nitro benzene ring substituents is 1. The molecular weight excluding hydrogens is 280 g/mol. The van der Waals surface area contributed by atoms with Crippen molar-refractivity contribution in [2.45, 2.75) is 12.5 Å². The molecular formula is C16H16N4O2. The minimum Gasteiger partial charge on any atom is -0.287 e. The van der Waals surface area contributed by atoms with Crippen molar-refractivity contribution in [1.82, 2.24) is 9.88 Å². The fourth-order valence-corrected chi connectivity index (χ4v) is 2.19. The summed E-state index contributed by atoms with van der Waals surface area (Å²) in [5.74, 6) is 0. The fourth-order valence-electron chi connectivity index (χ4n) is 2.19. The summed E-state index contributed by atoms with van der Waals surface area (Å²) in [5, 5.41) is 20.1. The van der Waals surface area contributed by atoms with Crippen LogP contribution in [0.5, 0.6) is 0 Å². The molecule has 6 heteroatoms. The van der Waals surface area contributed by atoms with Gasteiger partial charge in [-0.25, -0.2) is 0 Å². The number of non-ortho nitro benzene ring substituents is 1. The van der Waals surface area contributed by atoms with Crippen molar-refractivity contribution in [3.05, 3.63) is 70.0 Å². The maximum absolute atomic E-state index is 10.7. The molecule has 1 atom stereocenters. The zero-order chi connectivity index (χ0) is 15.9. The topological polar surface area (TPSA) is 83.1 Å². The first-order valence-electron chi connectivity index (χ1n) is 6.85. The SMILES string of the molecule is CN(CCc1ccncc1)C(C#N)c1ccc([N+](=O)[O-])cc1. The van der Waals surface area contributed by atoms with Crippen LogP contribution >= 0.6 is 0 Å². The average molecular weight is 296 g/mol. The van der Waals surface area contributed by atoms with Crippen molar-refractivity contribution >= 4 is 5.69 Å². The Morgan fingerprint density at radius 3 is 2.45 bits per heavy atom. The van der Waals surface area contributed by atoms with Gasteiger partial charge in [0.05, 0.1) is 11.0 Å². The molecule has 0 bridgehead atoms. The van der Waals surface area contributed by atoms with E-state index in [9.17, 15) is 15.4 Å². The molecule has 0 saturated heterocycles. The molecule has 1 unspecified atom stereocenters. The van der Waals surface area contributed by atoms with Crippen LogP contribution in [0.25, 0.3) is 0 Å². The first kappa shape index (κ1) is 15.6. The third-order valence-corrected chi connectivity index (χ3v) is 3.49. The Hall–Kier alpha value is -2.78. The van der Waals surface area contributed by atoms with E-state index < -0.39 is 11.0 Å². The van der Waals surface area contributed by atoms with Gasteiger partial charge in [0, 0.05) is 31.1 Å². The van der Waals surface area contributed by atoms with Crippen LogP contribution in [0, 0.1) is 21.4 Å². The lowest BCUT2D eigenvalue weighted by Gasteiger charge is -2.22. The van der Waals surface area contributed by atoms with Crippen LogP contribution in [0.3, 0.4) is 0 Å². The van der Waals surface area contributed by atoms with E-state index in [4.69, 9.17) is 0 Å². The largest absolute Gasteiger partial charge is 0.287 e. The number of benzene rings is 1. The molecule has 0 amide bonds. The quantitative estimate of drug-likeness (QED) is 0.604. The second-order valence-corrected chi connectivity index (χ2v) is 4.97. The molecule has 1 heterocycles. The maximum Gasteiger partial charge on any atom is 0.269 e. The molecule has 0 radical (unpaired) electrons. The molecule has 1 aromatic heterocycles. The highest BCUT2D eigenvalue weighted by atomic mass is 16.6. The number of likely N-dealkylation sites (N-methyl/N-ethyl adjacent to an activating group) is 1. The Morgan fingerprint density at radius 2 is 1.91 bits per heavy atom. The number of hydrogen-bond acceptors (Lipinski definition) is 5. The van der Waals surface area contributed by atoms with Gasteiger partial charge in [-0.2, -0.15) is 5.26 Å². The summed E-state index contributed by atoms with van der Waals surface area (Å²) in [6.45, 7) is 0.708. The van der Waals surface area contributed by atoms with Crippen LogP contribution in [0.4, 0.5) is 5.69 Å². The van der Waals surface area contributed by atoms with E-state index in [1.54, 1.807) is 24.5 Å². The van der Waals surface area contributed by atoms with Crippen LogP contribution in [0.15, 0.2) is 48.8 Å². The van der Waals surface area contributed by atoms with Crippen LogP contribution in [-0.2, 0) is 6.42 Å². The average Bonchev–Trinajstić information content (AvgIpc) is 2.55. The van der Waals surface area contributed by atoms with Gasteiger partial charge in [0.1, 0.15) is 6.04 Å². The number of pyridine rings is 1. The highest BCUT2D eigenvalue weighted by Gasteiger charge is 2.17. The summed E-state index contributed by atoms with van der Waals surface area (Å²) in [6.07, 6.45) is 4.30. The molecule has 112 valence electrons. The number of nitrogens with zero attached hydrogens (tertiary/aromatic N) is 4. The van der Waals surface area contributed by atoms with Crippen LogP contribution < -0.4 is 0 Å². The number of nitriles is 1. The highest BCUT2D eigenvalue weighted by Crippen LogP contribution is 2.21. The van der Waals surface area contributed by atoms with Gasteiger partial charge in [0.25, 0.3) is 5.69 Å². The summed E-state index contributed by atoms with van der Waals surface area (Å²) in [7, 11) is 1.87. The molecule has 0 N–H and O–H groups in total. The van der Waals surface area contributed by atoms with E-state index in [2.05, 4.69) is 11.1 Å². The molecule has 2 aromatic rings. The number of hydrogen-bond donors (Lipinski definition) is 0. The van der Waals surface area contributed by atoms with Crippen molar-refractivity contribution in [3.8, 4) is 6.07 Å². The van der Waals surface area contributed by atoms with E-state index in [-0.39, 0.29) is 5.69 Å². The molecule has 22 heavy (non-hydrogen) atoms. The van der Waals surface area contributed by atoms with E-state index in [1.807, 2.05) is 24.1 Å². The van der Waals surface area contributed by atoms with Crippen LogP contribution in [-0.4, -0.2) is 28.4 Å². The standard InChI is InChI=1S/C16H16N4O2/c1-19(11-8-13-6-9-18-10-7-13)16(12-17)14-2-4-15(5-3-14)20(21)22/h2-7,9-10,16H,8,11H2,1H3. The predicted octanol–water partition coefficient (Wildman–Crippen LogP) is 2.73. The summed E-state index contributed by atoms with van der Waals surface area (Å²) in [5.41, 5.74) is 1.94. The molecule has 2 rings (SSSR count). The maximum atomic E-state index is 10.7. The first-order chi connectivity index (χ1) is 10.6. The summed E-state index contributed by atoms with van der Waals surface area (Å²) in [6, 6.07) is 11.8. The molecule has 6 nitrogen and oxygen atoms in total. The van der Waals surface area contributed by atoms with Gasteiger partial charge < -0.3 is 0 Å². The van der Waals surface area contributed by atoms with Gasteiger partial charge in [0.15, 0.2) is 0 Å². The van der Waals surface area contributed by atoms with Crippen molar-refractivity contribution in [1.29, 1.82) is 5.26 Å². The Balaban J connectivity index is 2.04. The van der Waals surface area contributed by atoms with E-state index in [0.717, 1.165) is 17.5 Å². The lowest BCUT2D eigenvalue weighted by Crippen LogP contribution is -2.25. The monoisotopic (exact) mass is 296 g/mol. The fraction of sp³-hybridized carbons (Fsp3) is 0.250. The first-order valence-corrected chi connectivity index (χ1v) is 6.85. The van der Waals surface area contributed by atoms with Crippen molar-refractivity contribution in [2.75, 3.05) is 13.6 Å². The third-order valence-electron chi connectivity index (χ3n) is 3.49. The summed E-state index contributed by atoms with van der Waals surface area (Å²) < 4.78 is 0. The number of aromatic nitrogens is 1. The van der Waals surface area contributed by atoms with Crippen molar-refractivity contribution in [3.63, 3.8) is 0 Å². The second-order valence-electron chi connectivity index (χ2n) is 4.97. The van der Waals surface area contributed by atoms with Gasteiger partial charge in [-0.1, -0.05) is 0 Å². The minimum atomic E-state index is -0.446. The van der Waals surface area contributed by atoms with Crippen molar-refractivity contribution in [2.24, 2.45) is 0 Å². The number of rotatable bonds is 6.